The minimum absolute atomic E-state index is 0.0314. The van der Waals surface area contributed by atoms with E-state index < -0.39 is 11.9 Å². The summed E-state index contributed by atoms with van der Waals surface area (Å²) in [6, 6.07) is 6.74. The van der Waals surface area contributed by atoms with Crippen LogP contribution in [0.1, 0.15) is 12.8 Å². The molecule has 130 valence electrons. The molecule has 24 heavy (non-hydrogen) atoms. The third kappa shape index (κ3) is 6.25. The Morgan fingerprint density at radius 3 is 2.58 bits per heavy atom. The Bertz CT molecular complexity index is 616. The van der Waals surface area contributed by atoms with Gasteiger partial charge < -0.3 is 20.3 Å². The fourth-order valence-electron chi connectivity index (χ4n) is 2.14. The topological polar surface area (TPSA) is 101 Å². The van der Waals surface area contributed by atoms with E-state index in [1.165, 1.54) is 0 Å². The Morgan fingerprint density at radius 1 is 1.21 bits per heavy atom. The van der Waals surface area contributed by atoms with Crippen LogP contribution in [-0.4, -0.2) is 51.1 Å². The number of ether oxygens (including phenoxy) is 1. The number of carbonyl (C=O) groups excluding carboxylic acids is 3. The van der Waals surface area contributed by atoms with Crippen molar-refractivity contribution >= 4 is 23.5 Å². The zero-order valence-electron chi connectivity index (χ0n) is 13.8. The van der Waals surface area contributed by atoms with Gasteiger partial charge >= 0.3 is 6.03 Å². The largest absolute Gasteiger partial charge is 0.497 e. The Morgan fingerprint density at radius 2 is 1.92 bits per heavy atom. The fraction of sp³-hybridized carbons (Fsp3) is 0.438. The molecule has 0 heterocycles. The first-order valence-corrected chi connectivity index (χ1v) is 7.82. The number of benzene rings is 1. The monoisotopic (exact) mass is 335 g/mol. The first-order valence-electron chi connectivity index (χ1n) is 7.82. The van der Waals surface area contributed by atoms with Gasteiger partial charge in [0.1, 0.15) is 5.75 Å². The van der Waals surface area contributed by atoms with E-state index in [1.807, 2.05) is 0 Å². The highest BCUT2D eigenvalue weighted by molar-refractivity contribution is 5.95. The van der Waals surface area contributed by atoms with Gasteiger partial charge in [0.05, 0.1) is 14.2 Å². The van der Waals surface area contributed by atoms with Gasteiger partial charge in [-0.2, -0.15) is 0 Å². The van der Waals surface area contributed by atoms with Crippen LogP contribution < -0.4 is 25.6 Å². The van der Waals surface area contributed by atoms with E-state index in [1.54, 1.807) is 38.4 Å². The van der Waals surface area contributed by atoms with Gasteiger partial charge in [0.2, 0.25) is 0 Å². The summed E-state index contributed by atoms with van der Waals surface area (Å²) in [5, 5.41) is 7.68. The molecule has 1 aromatic carbocycles. The van der Waals surface area contributed by atoms with Crippen molar-refractivity contribution in [2.45, 2.75) is 18.9 Å². The average molecular weight is 335 g/mol. The Balaban J connectivity index is 1.71. The molecule has 4 N–H and O–H groups in total. The normalized spacial score (nSPS) is 14.4. The fourth-order valence-corrected chi connectivity index (χ4v) is 2.14. The van der Waals surface area contributed by atoms with Gasteiger partial charge in [-0.15, -0.1) is 0 Å². The molecule has 1 unspecified atom stereocenters. The van der Waals surface area contributed by atoms with Crippen molar-refractivity contribution in [3.63, 3.8) is 0 Å². The molecule has 1 fully saturated rings. The predicted molar refractivity (Wildman–Crippen MR) is 87.9 cm³/mol. The van der Waals surface area contributed by atoms with E-state index in [0.29, 0.717) is 16.3 Å². The van der Waals surface area contributed by atoms with Gasteiger partial charge in [-0.1, -0.05) is 6.07 Å². The van der Waals surface area contributed by atoms with Gasteiger partial charge in [0.15, 0.2) is 13.1 Å². The Hall–Kier alpha value is -2.61. The van der Waals surface area contributed by atoms with Crippen LogP contribution in [0.15, 0.2) is 24.3 Å². The standard InChI is InChI=1S/C16H22N4O4/c1-20(10-15(22)19-16(23)18-11-6-7-11)9-14(21)17-12-4-3-5-13(8-12)24-2/h3-5,8,11H,6-7,9-10H2,1-2H3,(H,17,21)(H2,18,19,22,23)/p+1. The number of anilines is 1. The number of hydrogen-bond acceptors (Lipinski definition) is 4. The zero-order chi connectivity index (χ0) is 17.5. The summed E-state index contributed by atoms with van der Waals surface area (Å²) in [6.07, 6.45) is 1.91. The third-order valence-electron chi connectivity index (χ3n) is 3.44. The quantitative estimate of drug-likeness (QED) is 0.521. The second-order valence-corrected chi connectivity index (χ2v) is 5.89. The summed E-state index contributed by atoms with van der Waals surface area (Å²) in [7, 11) is 3.26. The molecule has 8 nitrogen and oxygen atoms in total. The minimum atomic E-state index is -0.476. The lowest BCUT2D eigenvalue weighted by molar-refractivity contribution is -0.862. The van der Waals surface area contributed by atoms with Crippen molar-refractivity contribution in [1.29, 1.82) is 0 Å². The van der Waals surface area contributed by atoms with E-state index in [0.717, 1.165) is 12.8 Å². The first-order chi connectivity index (χ1) is 11.5. The number of quaternary nitrogens is 1. The van der Waals surface area contributed by atoms with Gasteiger partial charge in [-0.3, -0.25) is 14.9 Å². The highest BCUT2D eigenvalue weighted by Gasteiger charge is 2.24. The number of carbonyl (C=O) groups is 3. The number of rotatable bonds is 7. The van der Waals surface area contributed by atoms with Crippen LogP contribution in [0.3, 0.4) is 0 Å². The second-order valence-electron chi connectivity index (χ2n) is 5.89. The summed E-state index contributed by atoms with van der Waals surface area (Å²) in [5.41, 5.74) is 0.625. The van der Waals surface area contributed by atoms with Crippen LogP contribution in [-0.2, 0) is 9.59 Å². The summed E-state index contributed by atoms with van der Waals surface area (Å²) < 4.78 is 5.09. The molecule has 1 saturated carbocycles. The van der Waals surface area contributed by atoms with Crippen molar-refractivity contribution in [3.05, 3.63) is 24.3 Å². The molecule has 2 rings (SSSR count). The predicted octanol–water partition coefficient (Wildman–Crippen LogP) is -0.863. The number of urea groups is 1. The number of methoxy groups -OCH3 is 1. The summed E-state index contributed by atoms with van der Waals surface area (Å²) in [4.78, 5) is 35.9. The number of likely N-dealkylation sites (N-methyl/N-ethyl adjacent to an activating group) is 1. The zero-order valence-corrected chi connectivity index (χ0v) is 13.8. The van der Waals surface area contributed by atoms with E-state index in [4.69, 9.17) is 4.74 Å². The van der Waals surface area contributed by atoms with Crippen LogP contribution in [0.2, 0.25) is 0 Å². The molecule has 1 atom stereocenters. The van der Waals surface area contributed by atoms with Crippen molar-refractivity contribution in [2.24, 2.45) is 0 Å². The smallest absolute Gasteiger partial charge is 0.321 e. The van der Waals surface area contributed by atoms with Gasteiger partial charge in [0.25, 0.3) is 11.8 Å². The molecule has 0 aliphatic heterocycles. The summed E-state index contributed by atoms with van der Waals surface area (Å²) >= 11 is 0. The number of nitrogens with one attached hydrogen (secondary N) is 4. The Labute approximate surface area is 140 Å². The molecular formula is C16H23N4O4+. The molecule has 0 bridgehead atoms. The molecule has 0 radical (unpaired) electrons. The Kier molecular flexibility index (Phi) is 6.14. The second kappa shape index (κ2) is 8.30. The highest BCUT2D eigenvalue weighted by Crippen LogP contribution is 2.18. The maximum absolute atomic E-state index is 12.0. The van der Waals surface area contributed by atoms with Crippen LogP contribution in [0.25, 0.3) is 0 Å². The number of amides is 4. The highest BCUT2D eigenvalue weighted by atomic mass is 16.5. The molecule has 0 aromatic heterocycles. The number of imide groups is 1. The molecule has 8 heteroatoms. The van der Waals surface area contributed by atoms with Gasteiger partial charge in [0, 0.05) is 17.8 Å². The van der Waals surface area contributed by atoms with Crippen LogP contribution >= 0.6 is 0 Å². The van der Waals surface area contributed by atoms with Gasteiger partial charge in [-0.25, -0.2) is 4.79 Å². The lowest BCUT2D eigenvalue weighted by Crippen LogP contribution is -3.11. The lowest BCUT2D eigenvalue weighted by atomic mass is 10.3. The molecule has 1 aromatic rings. The van der Waals surface area contributed by atoms with Crippen LogP contribution in [0.5, 0.6) is 5.75 Å². The van der Waals surface area contributed by atoms with E-state index in [2.05, 4.69) is 16.0 Å². The maximum Gasteiger partial charge on any atom is 0.321 e. The minimum Gasteiger partial charge on any atom is -0.497 e. The average Bonchev–Trinajstić information content (AvgIpc) is 3.30. The molecule has 0 saturated heterocycles. The summed E-state index contributed by atoms with van der Waals surface area (Å²) in [5.74, 6) is 0.00497. The third-order valence-corrected chi connectivity index (χ3v) is 3.44. The molecule has 4 amide bonds. The van der Waals surface area contributed by atoms with Crippen LogP contribution in [0.4, 0.5) is 10.5 Å². The first kappa shape index (κ1) is 17.7. The number of hydrogen-bond donors (Lipinski definition) is 4. The van der Waals surface area contributed by atoms with Gasteiger partial charge in [-0.05, 0) is 25.0 Å². The van der Waals surface area contributed by atoms with Crippen molar-refractivity contribution in [2.75, 3.05) is 32.6 Å². The van der Waals surface area contributed by atoms with Crippen molar-refractivity contribution in [3.8, 4) is 5.75 Å². The van der Waals surface area contributed by atoms with E-state index in [-0.39, 0.29) is 25.0 Å². The maximum atomic E-state index is 12.0. The van der Waals surface area contributed by atoms with Crippen LogP contribution in [0, 0.1) is 0 Å². The summed E-state index contributed by atoms with van der Waals surface area (Å²) in [6.45, 7) is 0.137. The molecular weight excluding hydrogens is 312 g/mol. The van der Waals surface area contributed by atoms with E-state index >= 15 is 0 Å². The SMILES string of the molecule is COc1cccc(NC(=O)C[NH+](C)CC(=O)NC(=O)NC2CC2)c1. The molecule has 1 aliphatic carbocycles. The lowest BCUT2D eigenvalue weighted by Gasteiger charge is -2.14. The molecule has 1 aliphatic rings. The van der Waals surface area contributed by atoms with E-state index in [9.17, 15) is 14.4 Å². The van der Waals surface area contributed by atoms with Crippen molar-refractivity contribution < 1.29 is 24.0 Å². The molecule has 0 spiro atoms. The van der Waals surface area contributed by atoms with Crippen molar-refractivity contribution in [1.82, 2.24) is 10.6 Å².